The third-order valence-electron chi connectivity index (χ3n) is 0.549. The number of hydrogen-bond donors (Lipinski definition) is 3. The second kappa shape index (κ2) is 10.4. The summed E-state index contributed by atoms with van der Waals surface area (Å²) in [4.78, 5) is 9.65. The van der Waals surface area contributed by atoms with Gasteiger partial charge in [-0.25, -0.2) is 0 Å². The molecule has 0 unspecified atom stereocenters. The predicted molar refractivity (Wildman–Crippen MR) is 32.1 cm³/mol. The first-order valence-corrected chi connectivity index (χ1v) is 2.54. The maximum atomic E-state index is 9.65. The van der Waals surface area contributed by atoms with Crippen molar-refractivity contribution < 1.29 is 20.1 Å². The average molecular weight is 136 g/mol. The van der Waals surface area contributed by atoms with E-state index in [1.54, 1.807) is 0 Å². The number of rotatable bonds is 3. The largest absolute Gasteiger partial charge is 0.481 e. The van der Waals surface area contributed by atoms with Gasteiger partial charge < -0.3 is 15.3 Å². The minimum Gasteiger partial charge on any atom is -0.481 e. The van der Waals surface area contributed by atoms with E-state index in [1.807, 2.05) is 0 Å². The fourth-order valence-electron chi connectivity index (χ4n) is 0.230. The van der Waals surface area contributed by atoms with Crippen LogP contribution in [0, 0.1) is 0 Å². The molecule has 0 aliphatic heterocycles. The highest BCUT2D eigenvalue weighted by Crippen LogP contribution is 1.83. The molecule has 0 atom stereocenters. The summed E-state index contributed by atoms with van der Waals surface area (Å²) in [5.74, 6) is -0.853. The Bertz CT molecular complexity index is 62.0. The Morgan fingerprint density at radius 3 is 2.00 bits per heavy atom. The van der Waals surface area contributed by atoms with Gasteiger partial charge in [-0.2, -0.15) is 0 Å². The SMILES string of the molecule is CO.O=C(O)CCCO. The molecule has 0 bridgehead atoms. The van der Waals surface area contributed by atoms with Crippen LogP contribution in [0.2, 0.25) is 0 Å². The predicted octanol–water partition coefficient (Wildman–Crippen LogP) is -0.548. The number of carbonyl (C=O) groups is 1. The van der Waals surface area contributed by atoms with Crippen LogP contribution in [0.1, 0.15) is 12.8 Å². The molecule has 3 N–H and O–H groups in total. The number of carboxylic acids is 1. The molecule has 0 saturated heterocycles. The first-order chi connectivity index (χ1) is 4.27. The summed E-state index contributed by atoms with van der Waals surface area (Å²) in [6.45, 7) is -0.0354. The van der Waals surface area contributed by atoms with Gasteiger partial charge in [0.15, 0.2) is 0 Å². The molecule has 0 aliphatic rings. The quantitative estimate of drug-likeness (QED) is 0.486. The monoisotopic (exact) mass is 136 g/mol. The molecule has 0 spiro atoms. The van der Waals surface area contributed by atoms with Crippen molar-refractivity contribution in [3.05, 3.63) is 0 Å². The van der Waals surface area contributed by atoms with Crippen LogP contribution in [0.15, 0.2) is 0 Å². The number of carboxylic acid groups (broad SMARTS) is 1. The van der Waals surface area contributed by atoms with Crippen molar-refractivity contribution in [2.45, 2.75) is 12.8 Å². The van der Waals surface area contributed by atoms with Gasteiger partial charge in [0.2, 0.25) is 0 Å². The van der Waals surface area contributed by atoms with Crippen LogP contribution in [-0.4, -0.2) is 35.0 Å². The lowest BCUT2D eigenvalue weighted by Gasteiger charge is -1.85. The van der Waals surface area contributed by atoms with Crippen LogP contribution in [0.3, 0.4) is 0 Å². The molecular weight excluding hydrogens is 124 g/mol. The first-order valence-electron chi connectivity index (χ1n) is 2.54. The summed E-state index contributed by atoms with van der Waals surface area (Å²) in [7, 11) is 1.00. The fraction of sp³-hybridized carbons (Fsp3) is 0.800. The second-order valence-corrected chi connectivity index (χ2v) is 1.22. The van der Waals surface area contributed by atoms with Crippen molar-refractivity contribution >= 4 is 5.97 Å². The fourth-order valence-corrected chi connectivity index (χ4v) is 0.230. The summed E-state index contributed by atoms with van der Waals surface area (Å²) < 4.78 is 0. The molecule has 4 heteroatoms. The van der Waals surface area contributed by atoms with Gasteiger partial charge in [-0.15, -0.1) is 0 Å². The summed E-state index contributed by atoms with van der Waals surface area (Å²) in [5.41, 5.74) is 0. The standard InChI is InChI=1S/C4H8O3.CH4O/c5-3-1-2-4(6)7;1-2/h5H,1-3H2,(H,6,7);2H,1H3. The van der Waals surface area contributed by atoms with Gasteiger partial charge in [-0.05, 0) is 6.42 Å². The molecule has 56 valence electrons. The molecule has 0 amide bonds. The zero-order valence-electron chi connectivity index (χ0n) is 5.37. The highest BCUT2D eigenvalue weighted by atomic mass is 16.4. The number of aliphatic hydroxyl groups is 2. The van der Waals surface area contributed by atoms with Crippen molar-refractivity contribution in [1.29, 1.82) is 0 Å². The molecule has 0 aromatic rings. The Kier molecular flexibility index (Phi) is 13.0. The molecule has 0 heterocycles. The van der Waals surface area contributed by atoms with Crippen molar-refractivity contribution in [2.75, 3.05) is 13.7 Å². The molecule has 0 fully saturated rings. The minimum absolute atomic E-state index is 0.0354. The van der Waals surface area contributed by atoms with Crippen LogP contribution < -0.4 is 0 Å². The van der Waals surface area contributed by atoms with E-state index in [0.717, 1.165) is 7.11 Å². The van der Waals surface area contributed by atoms with E-state index in [2.05, 4.69) is 0 Å². The Morgan fingerprint density at radius 2 is 1.89 bits per heavy atom. The van der Waals surface area contributed by atoms with Crippen molar-refractivity contribution in [3.8, 4) is 0 Å². The average Bonchev–Trinajstić information content (AvgIpc) is 1.88. The zero-order valence-corrected chi connectivity index (χ0v) is 5.37. The van der Waals surface area contributed by atoms with E-state index in [4.69, 9.17) is 15.3 Å². The first kappa shape index (κ1) is 11.2. The van der Waals surface area contributed by atoms with Gasteiger partial charge in [-0.1, -0.05) is 0 Å². The van der Waals surface area contributed by atoms with Crippen LogP contribution in [0.4, 0.5) is 0 Å². The highest BCUT2D eigenvalue weighted by molar-refractivity contribution is 5.66. The van der Waals surface area contributed by atoms with E-state index >= 15 is 0 Å². The maximum absolute atomic E-state index is 9.65. The maximum Gasteiger partial charge on any atom is 0.303 e. The third-order valence-corrected chi connectivity index (χ3v) is 0.549. The lowest BCUT2D eigenvalue weighted by atomic mass is 10.3. The molecule has 0 aromatic heterocycles. The third kappa shape index (κ3) is 18.7. The van der Waals surface area contributed by atoms with E-state index < -0.39 is 5.97 Å². The zero-order chi connectivity index (χ0) is 7.70. The van der Waals surface area contributed by atoms with E-state index in [1.165, 1.54) is 0 Å². The lowest BCUT2D eigenvalue weighted by Crippen LogP contribution is -1.95. The van der Waals surface area contributed by atoms with Gasteiger partial charge in [-0.3, -0.25) is 4.79 Å². The van der Waals surface area contributed by atoms with Gasteiger partial charge in [0, 0.05) is 20.1 Å². The van der Waals surface area contributed by atoms with E-state index in [0.29, 0.717) is 6.42 Å². The molecular formula is C5H12O4. The smallest absolute Gasteiger partial charge is 0.303 e. The Labute approximate surface area is 53.7 Å². The number of aliphatic hydroxyl groups excluding tert-OH is 2. The molecule has 0 saturated carbocycles. The molecule has 0 radical (unpaired) electrons. The van der Waals surface area contributed by atoms with Gasteiger partial charge in [0.1, 0.15) is 0 Å². The van der Waals surface area contributed by atoms with Gasteiger partial charge >= 0.3 is 5.97 Å². The Balaban J connectivity index is 0. The normalized spacial score (nSPS) is 7.44. The molecule has 0 aromatic carbocycles. The molecule has 4 nitrogen and oxygen atoms in total. The lowest BCUT2D eigenvalue weighted by molar-refractivity contribution is -0.137. The molecule has 0 aliphatic carbocycles. The van der Waals surface area contributed by atoms with Crippen LogP contribution in [-0.2, 0) is 4.79 Å². The molecule has 9 heavy (non-hydrogen) atoms. The summed E-state index contributed by atoms with van der Waals surface area (Å²) in [6, 6.07) is 0. The van der Waals surface area contributed by atoms with Crippen molar-refractivity contribution in [3.63, 3.8) is 0 Å². The van der Waals surface area contributed by atoms with Gasteiger partial charge in [0.05, 0.1) is 0 Å². The topological polar surface area (TPSA) is 77.8 Å². The molecule has 0 rings (SSSR count). The Morgan fingerprint density at radius 1 is 1.44 bits per heavy atom. The minimum atomic E-state index is -0.853. The van der Waals surface area contributed by atoms with Crippen molar-refractivity contribution in [2.24, 2.45) is 0 Å². The van der Waals surface area contributed by atoms with Crippen molar-refractivity contribution in [1.82, 2.24) is 0 Å². The number of hydrogen-bond acceptors (Lipinski definition) is 3. The van der Waals surface area contributed by atoms with E-state index in [9.17, 15) is 4.79 Å². The summed E-state index contributed by atoms with van der Waals surface area (Å²) in [5, 5.41) is 23.0. The summed E-state index contributed by atoms with van der Waals surface area (Å²) in [6.07, 6.45) is 0.422. The van der Waals surface area contributed by atoms with E-state index in [-0.39, 0.29) is 13.0 Å². The number of aliphatic carboxylic acids is 1. The van der Waals surface area contributed by atoms with Crippen LogP contribution >= 0.6 is 0 Å². The van der Waals surface area contributed by atoms with Crippen LogP contribution in [0.5, 0.6) is 0 Å². The summed E-state index contributed by atoms with van der Waals surface area (Å²) >= 11 is 0. The second-order valence-electron chi connectivity index (χ2n) is 1.22. The Hall–Kier alpha value is -0.610. The van der Waals surface area contributed by atoms with Crippen LogP contribution in [0.25, 0.3) is 0 Å². The van der Waals surface area contributed by atoms with Gasteiger partial charge in [0.25, 0.3) is 0 Å². The highest BCUT2D eigenvalue weighted by Gasteiger charge is 1.91.